The van der Waals surface area contributed by atoms with Crippen molar-refractivity contribution in [3.8, 4) is 11.3 Å². The molecule has 8 heteroatoms. The summed E-state index contributed by atoms with van der Waals surface area (Å²) in [7, 11) is 0. The molecule has 1 aliphatic rings. The standard InChI is InChI=1S/C19H20N8/c1-2-8-26-13-15(10-21-26)16-4-5-17-19(22-16)27(24-23-17)12-14-3-6-18-20-7-9-25(18)11-14/h3-7,9-11,13,23-24H,2,8,12H2,1H3. The quantitative estimate of drug-likeness (QED) is 0.570. The smallest absolute Gasteiger partial charge is 0.170 e. The van der Waals surface area contributed by atoms with Gasteiger partial charge in [0.2, 0.25) is 0 Å². The lowest BCUT2D eigenvalue weighted by atomic mass is 10.2. The van der Waals surface area contributed by atoms with Gasteiger partial charge in [0.15, 0.2) is 5.82 Å². The van der Waals surface area contributed by atoms with Crippen LogP contribution in [-0.4, -0.2) is 24.1 Å². The Labute approximate surface area is 156 Å². The fourth-order valence-corrected chi connectivity index (χ4v) is 3.30. The van der Waals surface area contributed by atoms with Crippen LogP contribution in [0.2, 0.25) is 0 Å². The maximum absolute atomic E-state index is 4.86. The fourth-order valence-electron chi connectivity index (χ4n) is 3.30. The molecule has 4 aromatic heterocycles. The van der Waals surface area contributed by atoms with Crippen molar-refractivity contribution in [1.29, 1.82) is 0 Å². The van der Waals surface area contributed by atoms with E-state index in [4.69, 9.17) is 4.98 Å². The second-order valence-electron chi connectivity index (χ2n) is 6.61. The molecule has 0 atom stereocenters. The van der Waals surface area contributed by atoms with Crippen LogP contribution in [0.4, 0.5) is 11.5 Å². The first-order valence-electron chi connectivity index (χ1n) is 9.05. The monoisotopic (exact) mass is 360 g/mol. The van der Waals surface area contributed by atoms with Crippen molar-refractivity contribution in [3.05, 3.63) is 60.8 Å². The minimum Gasteiger partial charge on any atom is -0.307 e. The van der Waals surface area contributed by atoms with Gasteiger partial charge in [0.1, 0.15) is 5.65 Å². The van der Waals surface area contributed by atoms with Gasteiger partial charge in [-0.05, 0) is 30.2 Å². The maximum atomic E-state index is 4.86. The molecule has 5 heterocycles. The Morgan fingerprint density at radius 2 is 2.07 bits per heavy atom. The van der Waals surface area contributed by atoms with Crippen LogP contribution in [0.5, 0.6) is 0 Å². The lowest BCUT2D eigenvalue weighted by Gasteiger charge is -2.17. The number of pyridine rings is 2. The van der Waals surface area contributed by atoms with E-state index in [9.17, 15) is 0 Å². The maximum Gasteiger partial charge on any atom is 0.170 e. The Morgan fingerprint density at radius 3 is 3.00 bits per heavy atom. The van der Waals surface area contributed by atoms with E-state index in [-0.39, 0.29) is 0 Å². The molecule has 0 radical (unpaired) electrons. The second-order valence-corrected chi connectivity index (χ2v) is 6.61. The van der Waals surface area contributed by atoms with Crippen molar-refractivity contribution in [2.24, 2.45) is 0 Å². The molecular formula is C19H20N8. The zero-order chi connectivity index (χ0) is 18.2. The van der Waals surface area contributed by atoms with Crippen LogP contribution in [0.25, 0.3) is 16.9 Å². The fraction of sp³-hybridized carbons (Fsp3) is 0.211. The van der Waals surface area contributed by atoms with Gasteiger partial charge >= 0.3 is 0 Å². The highest BCUT2D eigenvalue weighted by atomic mass is 15.7. The lowest BCUT2D eigenvalue weighted by Crippen LogP contribution is -2.35. The first-order chi connectivity index (χ1) is 13.3. The molecule has 0 saturated heterocycles. The van der Waals surface area contributed by atoms with Gasteiger partial charge in [-0.25, -0.2) is 9.97 Å². The van der Waals surface area contributed by atoms with Crippen molar-refractivity contribution in [2.75, 3.05) is 10.4 Å². The van der Waals surface area contributed by atoms with E-state index < -0.39 is 0 Å². The SMILES string of the molecule is CCCn1cc(-c2ccc3c(n2)N(Cc2ccc4nccn4c2)NN3)cn1. The average molecular weight is 360 g/mol. The van der Waals surface area contributed by atoms with Crippen LogP contribution < -0.4 is 16.0 Å². The van der Waals surface area contributed by atoms with E-state index in [1.807, 2.05) is 50.9 Å². The third-order valence-corrected chi connectivity index (χ3v) is 4.63. The van der Waals surface area contributed by atoms with Gasteiger partial charge < -0.3 is 9.83 Å². The highest BCUT2D eigenvalue weighted by Crippen LogP contribution is 2.31. The van der Waals surface area contributed by atoms with E-state index in [0.29, 0.717) is 6.54 Å². The van der Waals surface area contributed by atoms with E-state index in [2.05, 4.69) is 40.2 Å². The molecule has 1 aliphatic heterocycles. The minimum atomic E-state index is 0.680. The molecule has 0 bridgehead atoms. The number of aryl methyl sites for hydroxylation is 1. The molecule has 0 spiro atoms. The summed E-state index contributed by atoms with van der Waals surface area (Å²) in [6.45, 7) is 3.74. The molecular weight excluding hydrogens is 340 g/mol. The predicted octanol–water partition coefficient (Wildman–Crippen LogP) is 2.85. The number of fused-ring (bicyclic) bond motifs is 2. The zero-order valence-corrected chi connectivity index (χ0v) is 15.0. The van der Waals surface area contributed by atoms with Crippen LogP contribution in [0.1, 0.15) is 18.9 Å². The van der Waals surface area contributed by atoms with Gasteiger partial charge in [0.05, 0.1) is 24.1 Å². The highest BCUT2D eigenvalue weighted by Gasteiger charge is 2.21. The summed E-state index contributed by atoms with van der Waals surface area (Å²) in [5.74, 6) is 0.876. The number of imidazole rings is 1. The van der Waals surface area contributed by atoms with E-state index in [1.165, 1.54) is 0 Å². The molecule has 0 fully saturated rings. The van der Waals surface area contributed by atoms with E-state index in [1.54, 1.807) is 6.20 Å². The van der Waals surface area contributed by atoms with Crippen molar-refractivity contribution in [3.63, 3.8) is 0 Å². The third-order valence-electron chi connectivity index (χ3n) is 4.63. The Bertz CT molecular complexity index is 1100. The summed E-state index contributed by atoms with van der Waals surface area (Å²) < 4.78 is 3.98. The largest absolute Gasteiger partial charge is 0.307 e. The molecule has 5 rings (SSSR count). The van der Waals surface area contributed by atoms with Gasteiger partial charge in [-0.2, -0.15) is 5.10 Å². The summed E-state index contributed by atoms with van der Waals surface area (Å²) in [4.78, 5) is 9.14. The Morgan fingerprint density at radius 1 is 1.11 bits per heavy atom. The first kappa shape index (κ1) is 15.8. The Kier molecular flexibility index (Phi) is 3.75. The van der Waals surface area contributed by atoms with Crippen molar-refractivity contribution < 1.29 is 0 Å². The predicted molar refractivity (Wildman–Crippen MR) is 104 cm³/mol. The molecule has 0 aliphatic carbocycles. The number of hydrogen-bond acceptors (Lipinski definition) is 6. The molecule has 27 heavy (non-hydrogen) atoms. The summed E-state index contributed by atoms with van der Waals surface area (Å²) in [5, 5.41) is 6.42. The molecule has 0 aromatic carbocycles. The second kappa shape index (κ2) is 6.40. The molecule has 0 amide bonds. The minimum absolute atomic E-state index is 0.680. The van der Waals surface area contributed by atoms with Gasteiger partial charge in [-0.3, -0.25) is 9.69 Å². The molecule has 4 aromatic rings. The first-order valence-corrected chi connectivity index (χ1v) is 9.05. The summed E-state index contributed by atoms with van der Waals surface area (Å²) in [6.07, 6.45) is 10.8. The molecule has 136 valence electrons. The number of hydrogen-bond donors (Lipinski definition) is 2. The molecule has 0 unspecified atom stereocenters. The van der Waals surface area contributed by atoms with E-state index >= 15 is 0 Å². The molecule has 8 nitrogen and oxygen atoms in total. The number of hydrazine groups is 2. The van der Waals surface area contributed by atoms with Crippen LogP contribution >= 0.6 is 0 Å². The van der Waals surface area contributed by atoms with Crippen molar-refractivity contribution >= 4 is 17.2 Å². The zero-order valence-electron chi connectivity index (χ0n) is 15.0. The van der Waals surface area contributed by atoms with Gasteiger partial charge in [0.25, 0.3) is 0 Å². The van der Waals surface area contributed by atoms with Crippen LogP contribution in [0, 0.1) is 0 Å². The average Bonchev–Trinajstić information content (AvgIpc) is 3.41. The normalized spacial score (nSPS) is 13.1. The summed E-state index contributed by atoms with van der Waals surface area (Å²) in [6, 6.07) is 8.16. The van der Waals surface area contributed by atoms with Crippen LogP contribution in [0.15, 0.2) is 55.2 Å². The Balaban J connectivity index is 1.42. The third kappa shape index (κ3) is 2.89. The number of anilines is 2. The summed E-state index contributed by atoms with van der Waals surface area (Å²) in [5.41, 5.74) is 11.4. The highest BCUT2D eigenvalue weighted by molar-refractivity contribution is 5.73. The van der Waals surface area contributed by atoms with Gasteiger partial charge in [-0.1, -0.05) is 13.0 Å². The lowest BCUT2D eigenvalue weighted by molar-refractivity contribution is 0.603. The van der Waals surface area contributed by atoms with Gasteiger partial charge in [-0.15, -0.1) is 5.53 Å². The molecule has 2 N–H and O–H groups in total. The topological polar surface area (TPSA) is 75.3 Å². The number of rotatable bonds is 5. The number of aromatic nitrogens is 5. The molecule has 0 saturated carbocycles. The Hall–Kier alpha value is -3.39. The van der Waals surface area contributed by atoms with Crippen molar-refractivity contribution in [1.82, 2.24) is 29.7 Å². The van der Waals surface area contributed by atoms with Gasteiger partial charge in [0, 0.05) is 36.9 Å². The van der Waals surface area contributed by atoms with Crippen LogP contribution in [-0.2, 0) is 13.1 Å². The summed E-state index contributed by atoms with van der Waals surface area (Å²) >= 11 is 0. The number of nitrogens with zero attached hydrogens (tertiary/aromatic N) is 6. The van der Waals surface area contributed by atoms with Crippen LogP contribution in [0.3, 0.4) is 0 Å². The van der Waals surface area contributed by atoms with Crippen molar-refractivity contribution in [2.45, 2.75) is 26.4 Å². The number of nitrogens with one attached hydrogen (secondary N) is 2. The van der Waals surface area contributed by atoms with E-state index in [0.717, 1.165) is 46.9 Å².